The number of alkyl halides is 2. The minimum Gasteiger partial charge on any atom is -0.356 e. The summed E-state index contributed by atoms with van der Waals surface area (Å²) in [5.41, 5.74) is 0. The summed E-state index contributed by atoms with van der Waals surface area (Å²) in [6.07, 6.45) is 1.16. The molecule has 2 saturated heterocycles. The molecule has 0 spiro atoms. The van der Waals surface area contributed by atoms with E-state index in [-0.39, 0.29) is 47.7 Å². The molecule has 0 bridgehead atoms. The van der Waals surface area contributed by atoms with E-state index < -0.39 is 15.8 Å². The highest BCUT2D eigenvalue weighted by molar-refractivity contribution is 14.0. The molecule has 0 aromatic carbocycles. The van der Waals surface area contributed by atoms with Crippen molar-refractivity contribution in [2.45, 2.75) is 37.2 Å². The Balaban J connectivity index is 0.00000338. The van der Waals surface area contributed by atoms with Crippen molar-refractivity contribution in [2.24, 2.45) is 10.9 Å². The Labute approximate surface area is 176 Å². The Bertz CT molecular complexity index is 582. The summed E-state index contributed by atoms with van der Waals surface area (Å²) in [5, 5.41) is 3.37. The predicted molar refractivity (Wildman–Crippen MR) is 114 cm³/mol. The molecule has 0 radical (unpaired) electrons. The van der Waals surface area contributed by atoms with Crippen LogP contribution in [-0.4, -0.2) is 79.6 Å². The number of nitrogens with one attached hydrogen (secondary N) is 1. The SMILES string of the molecule is CN=C(NCC1CCN(S(=O)(=O)C(F)F)CC1)N1CCSC(C)(C)C1.I. The first-order chi connectivity index (χ1) is 11.7. The Morgan fingerprint density at radius 1 is 1.31 bits per heavy atom. The molecule has 2 heterocycles. The van der Waals surface area contributed by atoms with Crippen LogP contribution in [0.25, 0.3) is 0 Å². The number of sulfonamides is 1. The monoisotopic (exact) mass is 526 g/mol. The first kappa shape index (κ1) is 24.2. The van der Waals surface area contributed by atoms with E-state index in [2.05, 4.69) is 29.1 Å². The first-order valence-corrected chi connectivity index (χ1v) is 11.0. The molecule has 0 amide bonds. The maximum Gasteiger partial charge on any atom is 0.350 e. The summed E-state index contributed by atoms with van der Waals surface area (Å²) < 4.78 is 49.3. The van der Waals surface area contributed by atoms with Gasteiger partial charge in [-0.3, -0.25) is 4.99 Å². The van der Waals surface area contributed by atoms with Crippen LogP contribution >= 0.6 is 35.7 Å². The maximum absolute atomic E-state index is 12.6. The number of nitrogens with zero attached hydrogens (tertiary/aromatic N) is 3. The van der Waals surface area contributed by atoms with Crippen molar-refractivity contribution in [2.75, 3.05) is 45.5 Å². The van der Waals surface area contributed by atoms with Crippen LogP contribution in [0.1, 0.15) is 26.7 Å². The fraction of sp³-hybridized carbons (Fsp3) is 0.933. The lowest BCUT2D eigenvalue weighted by Gasteiger charge is -2.39. The zero-order valence-electron chi connectivity index (χ0n) is 15.5. The molecule has 2 rings (SSSR count). The molecule has 0 atom stereocenters. The van der Waals surface area contributed by atoms with Crippen molar-refractivity contribution in [3.63, 3.8) is 0 Å². The fourth-order valence-electron chi connectivity index (χ4n) is 3.25. The number of piperidine rings is 1. The maximum atomic E-state index is 12.6. The van der Waals surface area contributed by atoms with Gasteiger partial charge in [0, 0.05) is 50.3 Å². The number of rotatable bonds is 4. The van der Waals surface area contributed by atoms with Crippen LogP contribution in [0, 0.1) is 5.92 Å². The standard InChI is InChI=1S/C15H28F2N4O2S2.HI/c1-15(2)11-20(8-9-24-15)14(18-3)19-10-12-4-6-21(7-5-12)25(22,23)13(16)17;/h12-13H,4-11H2,1-3H3,(H,18,19);1H. The number of hydrogen-bond acceptors (Lipinski definition) is 4. The normalized spacial score (nSPS) is 23.0. The van der Waals surface area contributed by atoms with Crippen molar-refractivity contribution in [1.82, 2.24) is 14.5 Å². The van der Waals surface area contributed by atoms with Crippen molar-refractivity contribution in [1.29, 1.82) is 0 Å². The van der Waals surface area contributed by atoms with Crippen LogP contribution in [0.2, 0.25) is 0 Å². The number of guanidine groups is 1. The highest BCUT2D eigenvalue weighted by Crippen LogP contribution is 2.29. The third-order valence-corrected chi connectivity index (χ3v) is 7.48. The van der Waals surface area contributed by atoms with E-state index in [4.69, 9.17) is 0 Å². The average Bonchev–Trinajstić information content (AvgIpc) is 2.55. The molecule has 1 N–H and O–H groups in total. The van der Waals surface area contributed by atoms with Gasteiger partial charge < -0.3 is 10.2 Å². The molecule has 0 aromatic heterocycles. The second-order valence-corrected chi connectivity index (χ2v) is 10.8. The summed E-state index contributed by atoms with van der Waals surface area (Å²) in [4.78, 5) is 6.60. The third kappa shape index (κ3) is 6.33. The van der Waals surface area contributed by atoms with Crippen molar-refractivity contribution < 1.29 is 17.2 Å². The van der Waals surface area contributed by atoms with E-state index in [1.165, 1.54) is 0 Å². The summed E-state index contributed by atoms with van der Waals surface area (Å²) in [6.45, 7) is 7.29. The molecule has 26 heavy (non-hydrogen) atoms. The summed E-state index contributed by atoms with van der Waals surface area (Å²) in [6, 6.07) is 0. The molecule has 2 aliphatic heterocycles. The molecule has 11 heteroatoms. The zero-order valence-corrected chi connectivity index (χ0v) is 19.4. The summed E-state index contributed by atoms with van der Waals surface area (Å²) in [5.74, 6) is -1.16. The van der Waals surface area contributed by atoms with Crippen LogP contribution in [0.15, 0.2) is 4.99 Å². The smallest absolute Gasteiger partial charge is 0.350 e. The molecular weight excluding hydrogens is 497 g/mol. The first-order valence-electron chi connectivity index (χ1n) is 8.52. The molecule has 2 aliphatic rings. The van der Waals surface area contributed by atoms with Crippen LogP contribution < -0.4 is 5.32 Å². The lowest BCUT2D eigenvalue weighted by Crippen LogP contribution is -2.52. The van der Waals surface area contributed by atoms with Gasteiger partial charge in [-0.15, -0.1) is 24.0 Å². The van der Waals surface area contributed by atoms with Gasteiger partial charge in [-0.1, -0.05) is 0 Å². The van der Waals surface area contributed by atoms with Crippen LogP contribution in [0.3, 0.4) is 0 Å². The average molecular weight is 526 g/mol. The van der Waals surface area contributed by atoms with Crippen LogP contribution in [0.4, 0.5) is 8.78 Å². The molecule has 6 nitrogen and oxygen atoms in total. The van der Waals surface area contributed by atoms with Crippen LogP contribution in [-0.2, 0) is 10.0 Å². The molecule has 0 aliphatic carbocycles. The number of hydrogen-bond donors (Lipinski definition) is 1. The van der Waals surface area contributed by atoms with Gasteiger partial charge in [0.25, 0.3) is 10.0 Å². The Morgan fingerprint density at radius 2 is 1.92 bits per heavy atom. The third-order valence-electron chi connectivity index (χ3n) is 4.64. The number of aliphatic imine (C=N–C) groups is 1. The van der Waals surface area contributed by atoms with E-state index in [0.29, 0.717) is 19.4 Å². The topological polar surface area (TPSA) is 65.0 Å². The van der Waals surface area contributed by atoms with E-state index in [1.54, 1.807) is 7.05 Å². The van der Waals surface area contributed by atoms with Crippen molar-refractivity contribution in [3.05, 3.63) is 0 Å². The Kier molecular flexibility index (Phi) is 9.34. The molecule has 0 aromatic rings. The second-order valence-electron chi connectivity index (χ2n) is 7.11. The Hall–Kier alpha value is 0.120. The second kappa shape index (κ2) is 10.1. The molecule has 0 saturated carbocycles. The minimum absolute atomic E-state index is 0. The van der Waals surface area contributed by atoms with Crippen molar-refractivity contribution in [3.8, 4) is 0 Å². The zero-order chi connectivity index (χ0) is 18.7. The Morgan fingerprint density at radius 3 is 2.42 bits per heavy atom. The lowest BCUT2D eigenvalue weighted by molar-refractivity contribution is 0.203. The van der Waals surface area contributed by atoms with Gasteiger partial charge in [0.2, 0.25) is 0 Å². The quantitative estimate of drug-likeness (QED) is 0.346. The van der Waals surface area contributed by atoms with Gasteiger partial charge in [-0.25, -0.2) is 8.42 Å². The van der Waals surface area contributed by atoms with Gasteiger partial charge in [0.15, 0.2) is 5.96 Å². The minimum atomic E-state index is -4.44. The van der Waals surface area contributed by atoms with E-state index >= 15 is 0 Å². The largest absolute Gasteiger partial charge is 0.356 e. The highest BCUT2D eigenvalue weighted by atomic mass is 127. The molecule has 154 valence electrons. The summed E-state index contributed by atoms with van der Waals surface area (Å²) in [7, 11) is -2.69. The van der Waals surface area contributed by atoms with E-state index in [1.807, 2.05) is 11.8 Å². The molecule has 0 unspecified atom stereocenters. The van der Waals surface area contributed by atoms with Gasteiger partial charge >= 0.3 is 5.76 Å². The fourth-order valence-corrected chi connectivity index (χ4v) is 5.30. The number of thioether (sulfide) groups is 1. The van der Waals surface area contributed by atoms with Crippen LogP contribution in [0.5, 0.6) is 0 Å². The van der Waals surface area contributed by atoms with Gasteiger partial charge in [-0.05, 0) is 32.6 Å². The molecular formula is C15H29F2IN4O2S2. The predicted octanol–water partition coefficient (Wildman–Crippen LogP) is 2.27. The van der Waals surface area contributed by atoms with Crippen molar-refractivity contribution >= 4 is 51.7 Å². The van der Waals surface area contributed by atoms with E-state index in [0.717, 1.165) is 29.1 Å². The molecule has 2 fully saturated rings. The van der Waals surface area contributed by atoms with Gasteiger partial charge in [0.1, 0.15) is 0 Å². The van der Waals surface area contributed by atoms with E-state index in [9.17, 15) is 17.2 Å². The lowest BCUT2D eigenvalue weighted by atomic mass is 9.98. The highest BCUT2D eigenvalue weighted by Gasteiger charge is 2.35. The number of halogens is 3. The van der Waals surface area contributed by atoms with Gasteiger partial charge in [-0.2, -0.15) is 24.8 Å². The summed E-state index contributed by atoms with van der Waals surface area (Å²) >= 11 is 1.95. The van der Waals surface area contributed by atoms with Gasteiger partial charge in [0.05, 0.1) is 0 Å².